The number of hydrogen-bond acceptors (Lipinski definition) is 9. The number of primary amides is 1. The largest absolute Gasteiger partial charge is 0.480 e. The number of carboxylic acids is 1. The maximum atomic E-state index is 12.6. The van der Waals surface area contributed by atoms with Crippen LogP contribution in [0.5, 0.6) is 0 Å². The summed E-state index contributed by atoms with van der Waals surface area (Å²) in [6, 6.07) is -4.50. The lowest BCUT2D eigenvalue weighted by molar-refractivity contribution is -0.143. The van der Waals surface area contributed by atoms with Crippen molar-refractivity contribution in [3.05, 3.63) is 0 Å². The number of carbonyl (C=O) groups is 7. The summed E-state index contributed by atoms with van der Waals surface area (Å²) in [5.41, 5.74) is 10.9. The van der Waals surface area contributed by atoms with Crippen LogP contribution in [0, 0.1) is 5.92 Å². The Bertz CT molecular complexity index is 912. The summed E-state index contributed by atoms with van der Waals surface area (Å²) in [5.74, 6) is -5.83. The average molecular weight is 544 g/mol. The number of hydrogen-bond donors (Lipinski definition) is 8. The quantitative estimate of drug-likeness (QED) is 0.0981. The molecule has 16 heteroatoms. The Morgan fingerprint density at radius 2 is 1.63 bits per heavy atom. The third kappa shape index (κ3) is 10.3. The fraction of sp³-hybridized carbons (Fsp3) is 0.682. The van der Waals surface area contributed by atoms with Gasteiger partial charge in [-0.05, 0) is 25.2 Å². The normalized spacial score (nSPS) is 17.2. The zero-order chi connectivity index (χ0) is 29.0. The number of amides is 6. The van der Waals surface area contributed by atoms with Gasteiger partial charge in [0.1, 0.15) is 18.1 Å². The topological polar surface area (TPSA) is 263 Å². The summed E-state index contributed by atoms with van der Waals surface area (Å²) >= 11 is 0. The molecule has 0 aromatic heterocycles. The second-order valence-corrected chi connectivity index (χ2v) is 9.17. The minimum absolute atomic E-state index is 0.0460. The number of rotatable bonds is 15. The molecule has 38 heavy (non-hydrogen) atoms. The number of carbonyl (C=O) groups excluding carboxylic acids is 6. The Balaban J connectivity index is 2.54. The molecule has 1 aliphatic rings. The van der Waals surface area contributed by atoms with Crippen LogP contribution in [0.4, 0.5) is 0 Å². The van der Waals surface area contributed by atoms with Crippen LogP contribution in [0.1, 0.15) is 39.5 Å². The monoisotopic (exact) mass is 543 g/mol. The van der Waals surface area contributed by atoms with Crippen molar-refractivity contribution in [1.82, 2.24) is 26.2 Å². The number of nitrogens with two attached hydrogens (primary N) is 2. The third-order valence-corrected chi connectivity index (χ3v) is 5.79. The number of aliphatic carboxylic acids is 1. The molecular weight excluding hydrogens is 506 g/mol. The predicted octanol–water partition coefficient (Wildman–Crippen LogP) is -4.49. The van der Waals surface area contributed by atoms with Crippen molar-refractivity contribution < 1.29 is 43.8 Å². The minimum atomic E-state index is -1.54. The molecule has 6 amide bonds. The maximum absolute atomic E-state index is 12.6. The van der Waals surface area contributed by atoms with Gasteiger partial charge in [-0.25, -0.2) is 4.79 Å². The molecule has 0 saturated carbocycles. The third-order valence-electron chi connectivity index (χ3n) is 5.79. The fourth-order valence-electron chi connectivity index (χ4n) is 3.67. The highest BCUT2D eigenvalue weighted by Crippen LogP contribution is 2.19. The Labute approximate surface area is 219 Å². The van der Waals surface area contributed by atoms with E-state index in [2.05, 4.69) is 21.3 Å². The van der Waals surface area contributed by atoms with Crippen molar-refractivity contribution in [1.29, 1.82) is 0 Å². The number of likely N-dealkylation sites (tertiary alicyclic amines) is 1. The number of nitrogens with one attached hydrogen (secondary N) is 4. The van der Waals surface area contributed by atoms with E-state index >= 15 is 0 Å². The Morgan fingerprint density at radius 3 is 2.18 bits per heavy atom. The van der Waals surface area contributed by atoms with Crippen LogP contribution in [0.3, 0.4) is 0 Å². The van der Waals surface area contributed by atoms with E-state index in [1.54, 1.807) is 13.8 Å². The van der Waals surface area contributed by atoms with E-state index in [1.807, 2.05) is 0 Å². The minimum Gasteiger partial charge on any atom is -0.480 e. The summed E-state index contributed by atoms with van der Waals surface area (Å²) in [5, 5.41) is 27.2. The summed E-state index contributed by atoms with van der Waals surface area (Å²) in [4.78, 5) is 85.0. The second kappa shape index (κ2) is 15.5. The predicted molar refractivity (Wildman–Crippen MR) is 131 cm³/mol. The highest BCUT2D eigenvalue weighted by Gasteiger charge is 2.36. The zero-order valence-corrected chi connectivity index (χ0v) is 21.4. The van der Waals surface area contributed by atoms with Crippen molar-refractivity contribution >= 4 is 41.4 Å². The molecule has 0 aromatic rings. The Kier molecular flexibility index (Phi) is 13.1. The number of aliphatic hydroxyl groups excluding tert-OH is 1. The van der Waals surface area contributed by atoms with Crippen molar-refractivity contribution in [2.24, 2.45) is 17.4 Å². The van der Waals surface area contributed by atoms with E-state index in [0.717, 1.165) is 0 Å². The van der Waals surface area contributed by atoms with Crippen LogP contribution in [0.2, 0.25) is 0 Å². The fourth-order valence-corrected chi connectivity index (χ4v) is 3.67. The van der Waals surface area contributed by atoms with Gasteiger partial charge in [-0.1, -0.05) is 13.8 Å². The lowest BCUT2D eigenvalue weighted by atomic mass is 10.0. The molecule has 0 bridgehead atoms. The summed E-state index contributed by atoms with van der Waals surface area (Å²) in [7, 11) is 0. The summed E-state index contributed by atoms with van der Waals surface area (Å²) in [6.45, 7) is 1.66. The van der Waals surface area contributed by atoms with Crippen molar-refractivity contribution in [3.8, 4) is 0 Å². The average Bonchev–Trinajstić information content (AvgIpc) is 3.35. The molecule has 4 atom stereocenters. The molecule has 1 fully saturated rings. The molecule has 0 spiro atoms. The van der Waals surface area contributed by atoms with E-state index in [9.17, 15) is 33.6 Å². The van der Waals surface area contributed by atoms with Crippen LogP contribution in [-0.2, 0) is 33.6 Å². The standard InChI is InChI=1S/C22H37N7O9/c1-11(2)18(20(35)27-13(10-30)22(37)38)28-17(33)9-25-16(32)8-26-19(34)14-4-3-7-29(14)21(36)12(23)5-6-15(24)31/h11-14,18,30H,3-10,23H2,1-2H3,(H2,24,31)(H,25,32)(H,26,34)(H,27,35)(H,28,33)(H,37,38)/t12-,13-,14-,18-/m0/s1. The number of carboxylic acid groups (broad SMARTS) is 1. The maximum Gasteiger partial charge on any atom is 0.328 e. The van der Waals surface area contributed by atoms with Crippen molar-refractivity contribution in [2.75, 3.05) is 26.2 Å². The van der Waals surface area contributed by atoms with E-state index in [-0.39, 0.29) is 12.8 Å². The lowest BCUT2D eigenvalue weighted by Crippen LogP contribution is -2.56. The molecule has 1 rings (SSSR count). The SMILES string of the molecule is CC(C)[C@H](NC(=O)CNC(=O)CNC(=O)[C@@H]1CCCN1C(=O)[C@@H](N)CCC(N)=O)C(=O)N[C@@H](CO)C(=O)O. The molecular formula is C22H37N7O9. The molecule has 1 saturated heterocycles. The van der Waals surface area contributed by atoms with Gasteiger partial charge in [0.2, 0.25) is 35.4 Å². The summed E-state index contributed by atoms with van der Waals surface area (Å²) < 4.78 is 0. The lowest BCUT2D eigenvalue weighted by Gasteiger charge is -2.26. The van der Waals surface area contributed by atoms with Gasteiger partial charge in [0.15, 0.2) is 0 Å². The van der Waals surface area contributed by atoms with Crippen LogP contribution in [0.15, 0.2) is 0 Å². The van der Waals surface area contributed by atoms with Gasteiger partial charge in [-0.15, -0.1) is 0 Å². The Morgan fingerprint density at radius 1 is 1.00 bits per heavy atom. The first kappa shape index (κ1) is 32.2. The highest BCUT2D eigenvalue weighted by atomic mass is 16.4. The van der Waals surface area contributed by atoms with Gasteiger partial charge < -0.3 is 47.8 Å². The van der Waals surface area contributed by atoms with Crippen molar-refractivity contribution in [2.45, 2.75) is 63.7 Å². The molecule has 0 unspecified atom stereocenters. The van der Waals surface area contributed by atoms with E-state index in [4.69, 9.17) is 21.7 Å². The van der Waals surface area contributed by atoms with E-state index < -0.39 is 91.2 Å². The van der Waals surface area contributed by atoms with Gasteiger partial charge in [0.05, 0.1) is 25.7 Å². The molecule has 0 radical (unpaired) electrons. The van der Waals surface area contributed by atoms with Crippen molar-refractivity contribution in [3.63, 3.8) is 0 Å². The first-order valence-corrected chi connectivity index (χ1v) is 12.1. The molecule has 0 aliphatic carbocycles. The van der Waals surface area contributed by atoms with Crippen LogP contribution in [0.25, 0.3) is 0 Å². The summed E-state index contributed by atoms with van der Waals surface area (Å²) in [6.07, 6.45) is 0.889. The first-order valence-electron chi connectivity index (χ1n) is 12.1. The van der Waals surface area contributed by atoms with Crippen LogP contribution < -0.4 is 32.7 Å². The highest BCUT2D eigenvalue weighted by molar-refractivity contribution is 5.94. The zero-order valence-electron chi connectivity index (χ0n) is 21.4. The van der Waals surface area contributed by atoms with Crippen LogP contribution in [-0.4, -0.2) is 107 Å². The van der Waals surface area contributed by atoms with E-state index in [1.165, 1.54) is 4.90 Å². The number of aliphatic hydroxyl groups is 1. The van der Waals surface area contributed by atoms with E-state index in [0.29, 0.717) is 19.4 Å². The first-order chi connectivity index (χ1) is 17.8. The molecule has 1 heterocycles. The smallest absolute Gasteiger partial charge is 0.328 e. The Hall–Kier alpha value is -3.79. The molecule has 10 N–H and O–H groups in total. The van der Waals surface area contributed by atoms with Gasteiger partial charge in [-0.3, -0.25) is 28.8 Å². The molecule has 0 aromatic carbocycles. The van der Waals surface area contributed by atoms with Gasteiger partial charge in [0, 0.05) is 13.0 Å². The van der Waals surface area contributed by atoms with Gasteiger partial charge in [-0.2, -0.15) is 0 Å². The van der Waals surface area contributed by atoms with Gasteiger partial charge >= 0.3 is 5.97 Å². The molecule has 214 valence electrons. The van der Waals surface area contributed by atoms with Crippen LogP contribution >= 0.6 is 0 Å². The second-order valence-electron chi connectivity index (χ2n) is 9.17. The molecule has 16 nitrogen and oxygen atoms in total. The van der Waals surface area contributed by atoms with Gasteiger partial charge in [0.25, 0.3) is 0 Å². The molecule has 1 aliphatic heterocycles. The number of nitrogens with zero attached hydrogens (tertiary/aromatic N) is 1.